The first-order valence-corrected chi connectivity index (χ1v) is 16.4. The van der Waals surface area contributed by atoms with Gasteiger partial charge in [0, 0.05) is 71.4 Å². The molecule has 0 radical (unpaired) electrons. The van der Waals surface area contributed by atoms with E-state index in [-0.39, 0.29) is 6.10 Å². The summed E-state index contributed by atoms with van der Waals surface area (Å²) in [5.74, 6) is 1.65. The number of piperidine rings is 1. The van der Waals surface area contributed by atoms with Crippen LogP contribution in [0.1, 0.15) is 42.4 Å². The van der Waals surface area contributed by atoms with Crippen LogP contribution < -0.4 is 15.0 Å². The summed E-state index contributed by atoms with van der Waals surface area (Å²) in [7, 11) is 3.50. The number of nitrogens with zero attached hydrogens (tertiary/aromatic N) is 2. The molecule has 3 aliphatic heterocycles. The summed E-state index contributed by atoms with van der Waals surface area (Å²) in [6, 6.07) is 15.9. The minimum Gasteiger partial charge on any atom is -0.490 e. The summed E-state index contributed by atoms with van der Waals surface area (Å²) in [5, 5.41) is 3.82. The highest BCUT2D eigenvalue weighted by molar-refractivity contribution is 5.61. The Morgan fingerprint density at radius 3 is 2.55 bits per heavy atom. The normalized spacial score (nSPS) is 23.2. The smallest absolute Gasteiger partial charge is 0.142 e. The van der Waals surface area contributed by atoms with Crippen molar-refractivity contribution < 1.29 is 28.4 Å². The standard InChI is InChI=1S/C35H53N3O6/c1-27(23-40-3)24-42-25-28-5-8-30(9-6-28)32-20-31(22-37-12-16-41-17-13-37)36-21-35(32)44-26-29-7-10-34-33(19-29)38(14-18-43-34)11-4-15-39-2/h5-10,19,27,31-32,35-36H,4,11-18,20-26H2,1-3H3/t27-,31+,32+,35-/m0/s1. The Labute approximate surface area is 264 Å². The van der Waals surface area contributed by atoms with Gasteiger partial charge in [0.25, 0.3) is 0 Å². The number of hydrogen-bond acceptors (Lipinski definition) is 9. The molecule has 5 rings (SSSR count). The van der Waals surface area contributed by atoms with E-state index in [0.29, 0.717) is 50.9 Å². The van der Waals surface area contributed by atoms with Crippen molar-refractivity contribution in [1.82, 2.24) is 10.2 Å². The van der Waals surface area contributed by atoms with Crippen LogP contribution in [0.15, 0.2) is 42.5 Å². The molecule has 0 spiro atoms. The zero-order valence-corrected chi connectivity index (χ0v) is 27.0. The van der Waals surface area contributed by atoms with Gasteiger partial charge in [-0.15, -0.1) is 0 Å². The fourth-order valence-electron chi connectivity index (χ4n) is 6.54. The number of benzene rings is 2. The van der Waals surface area contributed by atoms with Crippen LogP contribution in [0.25, 0.3) is 0 Å². The summed E-state index contributed by atoms with van der Waals surface area (Å²) in [6.07, 6.45) is 2.12. The number of anilines is 1. The first-order valence-electron chi connectivity index (χ1n) is 16.4. The average Bonchev–Trinajstić information content (AvgIpc) is 3.05. The first kappa shape index (κ1) is 33.1. The molecule has 9 heteroatoms. The second-order valence-corrected chi connectivity index (χ2v) is 12.5. The third-order valence-corrected chi connectivity index (χ3v) is 8.93. The van der Waals surface area contributed by atoms with E-state index in [9.17, 15) is 0 Å². The Morgan fingerprint density at radius 1 is 0.932 bits per heavy atom. The van der Waals surface area contributed by atoms with Crippen molar-refractivity contribution in [3.05, 3.63) is 59.2 Å². The molecule has 3 aliphatic rings. The van der Waals surface area contributed by atoms with E-state index in [1.807, 2.05) is 0 Å². The molecular weight excluding hydrogens is 558 g/mol. The average molecular weight is 612 g/mol. The van der Waals surface area contributed by atoms with Crippen molar-refractivity contribution in [1.29, 1.82) is 0 Å². The maximum absolute atomic E-state index is 6.73. The van der Waals surface area contributed by atoms with Gasteiger partial charge in [-0.1, -0.05) is 37.3 Å². The molecule has 0 bridgehead atoms. The van der Waals surface area contributed by atoms with Gasteiger partial charge in [-0.25, -0.2) is 0 Å². The Balaban J connectivity index is 1.23. The van der Waals surface area contributed by atoms with Crippen LogP contribution in [0.2, 0.25) is 0 Å². The highest BCUT2D eigenvalue weighted by Gasteiger charge is 2.33. The lowest BCUT2D eigenvalue weighted by Gasteiger charge is -2.40. The van der Waals surface area contributed by atoms with E-state index in [1.165, 1.54) is 16.7 Å². The highest BCUT2D eigenvalue weighted by atomic mass is 16.5. The van der Waals surface area contributed by atoms with Crippen LogP contribution in [-0.4, -0.2) is 110 Å². The number of nitrogens with one attached hydrogen (secondary N) is 1. The van der Waals surface area contributed by atoms with Crippen LogP contribution in [0, 0.1) is 5.92 Å². The van der Waals surface area contributed by atoms with E-state index in [2.05, 4.69) is 64.5 Å². The Morgan fingerprint density at radius 2 is 1.75 bits per heavy atom. The molecule has 44 heavy (non-hydrogen) atoms. The molecular formula is C35H53N3O6. The van der Waals surface area contributed by atoms with Gasteiger partial charge in [0.05, 0.1) is 58.0 Å². The summed E-state index contributed by atoms with van der Waals surface area (Å²) in [6.45, 7) is 13.6. The van der Waals surface area contributed by atoms with E-state index in [0.717, 1.165) is 83.4 Å². The van der Waals surface area contributed by atoms with Gasteiger partial charge >= 0.3 is 0 Å². The van der Waals surface area contributed by atoms with E-state index < -0.39 is 0 Å². The topological polar surface area (TPSA) is 73.9 Å². The van der Waals surface area contributed by atoms with Crippen molar-refractivity contribution in [3.8, 4) is 5.75 Å². The van der Waals surface area contributed by atoms with Gasteiger partial charge < -0.3 is 38.6 Å². The van der Waals surface area contributed by atoms with Crippen molar-refractivity contribution in [2.45, 2.75) is 51.0 Å². The maximum Gasteiger partial charge on any atom is 0.142 e. The SMILES string of the molecule is COCCCN1CCOc2ccc(CO[C@H]3CN[C@@H](CN4CCOCC4)C[C@@H]3c3ccc(COC[C@@H](C)COC)cc3)cc21. The van der Waals surface area contributed by atoms with Crippen LogP contribution in [0.3, 0.4) is 0 Å². The number of methoxy groups -OCH3 is 2. The minimum absolute atomic E-state index is 0.0815. The lowest BCUT2D eigenvalue weighted by molar-refractivity contribution is -0.00688. The fourth-order valence-corrected chi connectivity index (χ4v) is 6.54. The molecule has 4 atom stereocenters. The molecule has 2 fully saturated rings. The highest BCUT2D eigenvalue weighted by Crippen LogP contribution is 2.35. The molecule has 2 aromatic rings. The van der Waals surface area contributed by atoms with Crippen LogP contribution in [0.4, 0.5) is 5.69 Å². The van der Waals surface area contributed by atoms with Gasteiger partial charge in [0.2, 0.25) is 0 Å². The van der Waals surface area contributed by atoms with Gasteiger partial charge in [-0.2, -0.15) is 0 Å². The minimum atomic E-state index is 0.0815. The van der Waals surface area contributed by atoms with Gasteiger partial charge in [0.1, 0.15) is 12.4 Å². The third-order valence-electron chi connectivity index (χ3n) is 8.93. The monoisotopic (exact) mass is 611 g/mol. The predicted molar refractivity (Wildman–Crippen MR) is 173 cm³/mol. The number of ether oxygens (including phenoxy) is 6. The molecule has 2 saturated heterocycles. The van der Waals surface area contributed by atoms with Crippen LogP contribution in [0.5, 0.6) is 5.75 Å². The summed E-state index contributed by atoms with van der Waals surface area (Å²) in [4.78, 5) is 4.93. The second-order valence-electron chi connectivity index (χ2n) is 12.5. The molecule has 2 aromatic carbocycles. The summed E-state index contributed by atoms with van der Waals surface area (Å²) >= 11 is 0. The maximum atomic E-state index is 6.73. The largest absolute Gasteiger partial charge is 0.490 e. The molecule has 9 nitrogen and oxygen atoms in total. The summed E-state index contributed by atoms with van der Waals surface area (Å²) in [5.41, 5.74) is 4.87. The van der Waals surface area contributed by atoms with E-state index in [1.54, 1.807) is 14.2 Å². The van der Waals surface area contributed by atoms with Crippen molar-refractivity contribution in [2.24, 2.45) is 5.92 Å². The number of morpholine rings is 1. The van der Waals surface area contributed by atoms with Crippen molar-refractivity contribution >= 4 is 5.69 Å². The molecule has 0 aliphatic carbocycles. The van der Waals surface area contributed by atoms with Gasteiger partial charge in [-0.05, 0) is 41.7 Å². The van der Waals surface area contributed by atoms with Gasteiger partial charge in [0.15, 0.2) is 0 Å². The molecule has 0 saturated carbocycles. The van der Waals surface area contributed by atoms with Crippen molar-refractivity contribution in [3.63, 3.8) is 0 Å². The zero-order chi connectivity index (χ0) is 30.6. The third kappa shape index (κ3) is 9.63. The Kier molecular flexibility index (Phi) is 13.1. The first-order chi connectivity index (χ1) is 21.6. The van der Waals surface area contributed by atoms with Crippen LogP contribution >= 0.6 is 0 Å². The zero-order valence-electron chi connectivity index (χ0n) is 27.0. The number of fused-ring (bicyclic) bond motifs is 1. The quantitative estimate of drug-likeness (QED) is 0.283. The molecule has 0 unspecified atom stereocenters. The van der Waals surface area contributed by atoms with E-state index >= 15 is 0 Å². The molecule has 1 N–H and O–H groups in total. The second kappa shape index (κ2) is 17.5. The van der Waals surface area contributed by atoms with Gasteiger partial charge in [-0.3, -0.25) is 4.90 Å². The predicted octanol–water partition coefficient (Wildman–Crippen LogP) is 4.08. The Bertz CT molecular complexity index is 1110. The van der Waals surface area contributed by atoms with E-state index in [4.69, 9.17) is 28.4 Å². The van der Waals surface area contributed by atoms with Crippen LogP contribution in [-0.2, 0) is 36.9 Å². The number of rotatable bonds is 16. The lowest BCUT2D eigenvalue weighted by atomic mass is 9.83. The lowest BCUT2D eigenvalue weighted by Crippen LogP contribution is -2.52. The summed E-state index contributed by atoms with van der Waals surface area (Å²) < 4.78 is 34.8. The Hall–Kier alpha value is -2.24. The fraction of sp³-hybridized carbons (Fsp3) is 0.657. The van der Waals surface area contributed by atoms with Crippen molar-refractivity contribution in [2.75, 3.05) is 98.0 Å². The molecule has 244 valence electrons. The molecule has 0 amide bonds. The molecule has 0 aromatic heterocycles. The number of hydrogen-bond donors (Lipinski definition) is 1. The molecule has 3 heterocycles.